The molecule has 15 heteroatoms. The van der Waals surface area contributed by atoms with Crippen LogP contribution in [-0.4, -0.2) is 54.2 Å². The van der Waals surface area contributed by atoms with Crippen LogP contribution in [0.2, 0.25) is 0 Å². The van der Waals surface area contributed by atoms with Crippen LogP contribution in [0.5, 0.6) is 0 Å². The highest BCUT2D eigenvalue weighted by molar-refractivity contribution is 5.87. The summed E-state index contributed by atoms with van der Waals surface area (Å²) in [6.45, 7) is 5.20. The van der Waals surface area contributed by atoms with Crippen molar-refractivity contribution in [3.63, 3.8) is 0 Å². The lowest BCUT2D eigenvalue weighted by Crippen LogP contribution is -2.62. The summed E-state index contributed by atoms with van der Waals surface area (Å²) in [5, 5.41) is 0. The van der Waals surface area contributed by atoms with E-state index in [1.165, 1.54) is 0 Å². The number of Topliss-reactive ketones (excluding diaryl/α,β-unsaturated/α-hetero) is 2. The third-order valence-corrected chi connectivity index (χ3v) is 11.2. The van der Waals surface area contributed by atoms with Crippen LogP contribution in [0.15, 0.2) is 0 Å². The van der Waals surface area contributed by atoms with Gasteiger partial charge in [0.2, 0.25) is 0 Å². The molecule has 0 aromatic carbocycles. The second kappa shape index (κ2) is 11.5. The smallest absolute Gasteiger partial charge is 0.455 e. The molecule has 0 aromatic rings. The Kier molecular flexibility index (Phi) is 9.00. The molecule has 0 aliphatic heterocycles. The molecule has 4 rings (SSSR count). The van der Waals surface area contributed by atoms with E-state index in [-0.39, 0.29) is 49.6 Å². The standard InChI is InChI=1S/C29H35F9O6/c1-13(4-7-21(41)44-23(27(30,31)32)28(33,34)35)16-5-6-17-22-18(12-20(40)26(16,17)3)25(2)9-8-15(39)10-14(25)11-19(22)43-24(42)29(36,37)38/h13-14,16-19,22-23H,4-12H2,1-3H3/t13-,14+,16-,17+,18+,19-,22+,25+,26-/m1/s1. The number of ketones is 2. The zero-order chi connectivity index (χ0) is 33.2. The maximum Gasteiger partial charge on any atom is 0.490 e. The lowest BCUT2D eigenvalue weighted by atomic mass is 9.43. The van der Waals surface area contributed by atoms with Crippen molar-refractivity contribution in [1.29, 1.82) is 0 Å². The van der Waals surface area contributed by atoms with Crippen LogP contribution in [0, 0.1) is 46.3 Å². The maximum absolute atomic E-state index is 13.9. The molecule has 0 heterocycles. The number of carbonyl (C=O) groups is 4. The minimum Gasteiger partial charge on any atom is -0.455 e. The maximum atomic E-state index is 13.9. The Bertz CT molecular complexity index is 1150. The number of esters is 2. The minimum absolute atomic E-state index is 0.0254. The molecule has 0 saturated heterocycles. The molecule has 44 heavy (non-hydrogen) atoms. The Morgan fingerprint density at radius 2 is 1.55 bits per heavy atom. The number of hydrogen-bond donors (Lipinski definition) is 0. The number of hydrogen-bond acceptors (Lipinski definition) is 6. The molecule has 9 atom stereocenters. The van der Waals surface area contributed by atoms with Crippen molar-refractivity contribution in [2.24, 2.45) is 46.3 Å². The number of fused-ring (bicyclic) bond motifs is 5. The van der Waals surface area contributed by atoms with Crippen molar-refractivity contribution < 1.29 is 68.2 Å². The number of ether oxygens (including phenoxy) is 2. The van der Waals surface area contributed by atoms with Crippen LogP contribution in [0.1, 0.15) is 78.6 Å². The number of rotatable bonds is 6. The van der Waals surface area contributed by atoms with Gasteiger partial charge in [0.1, 0.15) is 17.7 Å². The highest BCUT2D eigenvalue weighted by Gasteiger charge is 2.67. The van der Waals surface area contributed by atoms with Gasteiger partial charge in [-0.2, -0.15) is 39.5 Å². The Labute approximate surface area is 247 Å². The first-order valence-corrected chi connectivity index (χ1v) is 14.7. The third kappa shape index (κ3) is 6.21. The fraction of sp³-hybridized carbons (Fsp3) is 0.862. The van der Waals surface area contributed by atoms with Crippen LogP contribution in [0.25, 0.3) is 0 Å². The van der Waals surface area contributed by atoms with E-state index in [2.05, 4.69) is 4.74 Å². The Morgan fingerprint density at radius 3 is 2.11 bits per heavy atom. The number of halogens is 9. The molecule has 0 bridgehead atoms. The molecule has 4 aliphatic rings. The van der Waals surface area contributed by atoms with Crippen LogP contribution in [-0.2, 0) is 28.7 Å². The van der Waals surface area contributed by atoms with Gasteiger partial charge in [0, 0.05) is 37.0 Å². The van der Waals surface area contributed by atoms with Crippen molar-refractivity contribution >= 4 is 23.5 Å². The van der Waals surface area contributed by atoms with Gasteiger partial charge in [-0.05, 0) is 67.1 Å². The van der Waals surface area contributed by atoms with Crippen LogP contribution < -0.4 is 0 Å². The van der Waals surface area contributed by atoms with E-state index < -0.39 is 89.5 Å². The Hall–Kier alpha value is -2.35. The molecule has 6 nitrogen and oxygen atoms in total. The van der Waals surface area contributed by atoms with Crippen LogP contribution >= 0.6 is 0 Å². The monoisotopic (exact) mass is 650 g/mol. The lowest BCUT2D eigenvalue weighted by Gasteiger charge is -2.61. The van der Waals surface area contributed by atoms with Crippen molar-refractivity contribution in [1.82, 2.24) is 0 Å². The quantitative estimate of drug-likeness (QED) is 0.229. The predicted molar refractivity (Wildman–Crippen MR) is 132 cm³/mol. The average molecular weight is 651 g/mol. The highest BCUT2D eigenvalue weighted by atomic mass is 19.4. The summed E-state index contributed by atoms with van der Waals surface area (Å²) in [4.78, 5) is 50.3. The first-order chi connectivity index (χ1) is 20.0. The molecular formula is C29H35F9O6. The first-order valence-electron chi connectivity index (χ1n) is 14.7. The first kappa shape index (κ1) is 34.5. The van der Waals surface area contributed by atoms with E-state index in [0.29, 0.717) is 19.3 Å². The van der Waals surface area contributed by atoms with E-state index in [9.17, 15) is 58.7 Å². The second-order valence-electron chi connectivity index (χ2n) is 13.5. The summed E-state index contributed by atoms with van der Waals surface area (Å²) in [7, 11) is 0. The molecule has 4 fully saturated rings. The molecule has 0 amide bonds. The van der Waals surface area contributed by atoms with Gasteiger partial charge >= 0.3 is 30.5 Å². The third-order valence-electron chi connectivity index (χ3n) is 11.2. The van der Waals surface area contributed by atoms with E-state index in [1.807, 2.05) is 6.92 Å². The average Bonchev–Trinajstić information content (AvgIpc) is 3.24. The summed E-state index contributed by atoms with van der Waals surface area (Å²) in [5.41, 5.74) is -1.71. The van der Waals surface area contributed by atoms with E-state index >= 15 is 0 Å². The largest absolute Gasteiger partial charge is 0.490 e. The van der Waals surface area contributed by atoms with Crippen LogP contribution in [0.3, 0.4) is 0 Å². The summed E-state index contributed by atoms with van der Waals surface area (Å²) in [5.74, 6) is -7.36. The van der Waals surface area contributed by atoms with Gasteiger partial charge < -0.3 is 9.47 Å². The number of carbonyl (C=O) groups excluding carboxylic acids is 4. The topological polar surface area (TPSA) is 86.7 Å². The molecule has 0 unspecified atom stereocenters. The van der Waals surface area contributed by atoms with Gasteiger partial charge in [-0.3, -0.25) is 14.4 Å². The SMILES string of the molecule is C[C@H](CCC(=O)OC(C(F)(F)F)C(F)(F)F)[C@H]1CC[C@H]2[C@@H]3[C@H](OC(=O)C(F)(F)F)C[C@@H]4CC(=O)CC[C@]4(C)[C@H]3CC(=O)[C@]12C. The Balaban J connectivity index is 1.56. The van der Waals surface area contributed by atoms with Crippen molar-refractivity contribution in [2.75, 3.05) is 0 Å². The predicted octanol–water partition coefficient (Wildman–Crippen LogP) is 6.93. The zero-order valence-corrected chi connectivity index (χ0v) is 24.3. The second-order valence-corrected chi connectivity index (χ2v) is 13.5. The van der Waals surface area contributed by atoms with Crippen molar-refractivity contribution in [3.8, 4) is 0 Å². The van der Waals surface area contributed by atoms with Gasteiger partial charge in [0.25, 0.3) is 6.10 Å². The van der Waals surface area contributed by atoms with E-state index in [4.69, 9.17) is 4.74 Å². The summed E-state index contributed by atoms with van der Waals surface area (Å²) >= 11 is 0. The normalized spacial score (nSPS) is 36.8. The highest BCUT2D eigenvalue weighted by Crippen LogP contribution is 2.67. The van der Waals surface area contributed by atoms with Gasteiger partial charge in [0.05, 0.1) is 0 Å². The van der Waals surface area contributed by atoms with Crippen LogP contribution in [0.4, 0.5) is 39.5 Å². The number of alkyl halides is 9. The van der Waals surface area contributed by atoms with Gasteiger partial charge in [-0.1, -0.05) is 20.8 Å². The zero-order valence-electron chi connectivity index (χ0n) is 24.3. The summed E-state index contributed by atoms with van der Waals surface area (Å²) in [6.07, 6.45) is -21.9. The minimum atomic E-state index is -5.86. The fourth-order valence-electron chi connectivity index (χ4n) is 9.03. The van der Waals surface area contributed by atoms with E-state index in [1.54, 1.807) is 13.8 Å². The Morgan fingerprint density at radius 1 is 0.932 bits per heavy atom. The van der Waals surface area contributed by atoms with Gasteiger partial charge in [0.15, 0.2) is 0 Å². The van der Waals surface area contributed by atoms with E-state index in [0.717, 1.165) is 0 Å². The molecule has 0 N–H and O–H groups in total. The summed E-state index contributed by atoms with van der Waals surface area (Å²) in [6, 6.07) is 0. The van der Waals surface area contributed by atoms with Gasteiger partial charge in [-0.25, -0.2) is 4.79 Å². The summed E-state index contributed by atoms with van der Waals surface area (Å²) < 4.78 is 126. The molecule has 0 spiro atoms. The molecule has 4 aliphatic carbocycles. The molecule has 250 valence electrons. The molecule has 0 aromatic heterocycles. The molecule has 4 saturated carbocycles. The van der Waals surface area contributed by atoms with Crippen molar-refractivity contribution in [3.05, 3.63) is 0 Å². The fourth-order valence-corrected chi connectivity index (χ4v) is 9.03. The lowest BCUT2D eigenvalue weighted by molar-refractivity contribution is -0.313. The molecule has 0 radical (unpaired) electrons. The molecular weight excluding hydrogens is 615 g/mol. The van der Waals surface area contributed by atoms with Gasteiger partial charge in [-0.15, -0.1) is 0 Å². The van der Waals surface area contributed by atoms with Crippen molar-refractivity contribution in [2.45, 2.75) is 109 Å².